The van der Waals surface area contributed by atoms with Gasteiger partial charge in [-0.2, -0.15) is 18.2 Å². The molecule has 2 rings (SSSR count). The number of alkyl halides is 3. The monoisotopic (exact) mass is 250 g/mol. The van der Waals surface area contributed by atoms with Crippen molar-refractivity contribution < 1.29 is 22.8 Å². The second-order valence-electron chi connectivity index (χ2n) is 4.47. The molecule has 1 saturated carbocycles. The summed E-state index contributed by atoms with van der Waals surface area (Å²) in [7, 11) is 0. The first-order valence-corrected chi connectivity index (χ1v) is 5.45. The van der Waals surface area contributed by atoms with E-state index >= 15 is 0 Å². The normalized spacial score (nSPS) is 20.3. The van der Waals surface area contributed by atoms with Crippen LogP contribution in [0.2, 0.25) is 0 Å². The van der Waals surface area contributed by atoms with Crippen LogP contribution in [0.1, 0.15) is 37.4 Å². The lowest BCUT2D eigenvalue weighted by Crippen LogP contribution is -2.33. The topological polar surface area (TPSA) is 59.2 Å². The van der Waals surface area contributed by atoms with Crippen LogP contribution in [0, 0.1) is 5.92 Å². The van der Waals surface area contributed by atoms with E-state index in [-0.39, 0.29) is 5.89 Å². The number of nitrogens with zero attached hydrogens (tertiary/aromatic N) is 2. The lowest BCUT2D eigenvalue weighted by atomic mass is 10.0. The maximum absolute atomic E-state index is 12.3. The molecule has 0 bridgehead atoms. The summed E-state index contributed by atoms with van der Waals surface area (Å²) in [5.41, 5.74) is 0. The summed E-state index contributed by atoms with van der Waals surface area (Å²) >= 11 is 0. The van der Waals surface area contributed by atoms with Gasteiger partial charge in [0.25, 0.3) is 0 Å². The number of aliphatic hydroxyl groups is 1. The maximum Gasteiger partial charge on any atom is 0.415 e. The van der Waals surface area contributed by atoms with Gasteiger partial charge in [-0.3, -0.25) is 0 Å². The third-order valence-electron chi connectivity index (χ3n) is 2.85. The zero-order valence-corrected chi connectivity index (χ0v) is 9.24. The number of hydrogen-bond acceptors (Lipinski definition) is 4. The molecule has 1 fully saturated rings. The van der Waals surface area contributed by atoms with Crippen molar-refractivity contribution in [2.24, 2.45) is 5.92 Å². The molecule has 4 nitrogen and oxygen atoms in total. The predicted octanol–water partition coefficient (Wildman–Crippen LogP) is 2.05. The number of hydrogen-bond donors (Lipinski definition) is 1. The molecule has 7 heteroatoms. The Labute approximate surface area is 95.8 Å². The smallest absolute Gasteiger partial charge is 0.383 e. The first kappa shape index (κ1) is 12.3. The summed E-state index contributed by atoms with van der Waals surface area (Å²) in [4.78, 5) is 3.89. The Morgan fingerprint density at radius 1 is 1.47 bits per heavy atom. The van der Waals surface area contributed by atoms with E-state index in [0.29, 0.717) is 18.2 Å². The minimum absolute atomic E-state index is 0.162. The number of aromatic nitrogens is 2. The van der Waals surface area contributed by atoms with Gasteiger partial charge in [-0.25, -0.2) is 0 Å². The molecule has 0 aliphatic heterocycles. The highest BCUT2D eigenvalue weighted by atomic mass is 19.4. The van der Waals surface area contributed by atoms with Crippen molar-refractivity contribution in [2.75, 3.05) is 0 Å². The Bertz CT molecular complexity index is 387. The van der Waals surface area contributed by atoms with Gasteiger partial charge in [0.05, 0.1) is 5.92 Å². The van der Waals surface area contributed by atoms with Gasteiger partial charge in [-0.1, -0.05) is 12.1 Å². The fourth-order valence-electron chi connectivity index (χ4n) is 1.53. The van der Waals surface area contributed by atoms with E-state index in [1.807, 2.05) is 0 Å². The van der Waals surface area contributed by atoms with Crippen molar-refractivity contribution >= 4 is 0 Å². The van der Waals surface area contributed by atoms with Gasteiger partial charge in [0.1, 0.15) is 0 Å². The summed E-state index contributed by atoms with van der Waals surface area (Å²) in [5.74, 6) is -0.451. The molecule has 0 amide bonds. The van der Waals surface area contributed by atoms with E-state index in [1.54, 1.807) is 0 Å². The molecular weight excluding hydrogens is 237 g/mol. The summed E-state index contributed by atoms with van der Waals surface area (Å²) in [6.07, 6.45) is -4.31. The maximum atomic E-state index is 12.3. The molecule has 1 aliphatic carbocycles. The lowest BCUT2D eigenvalue weighted by molar-refractivity contribution is -0.210. The molecule has 1 aliphatic rings. The molecule has 2 unspecified atom stereocenters. The van der Waals surface area contributed by atoms with E-state index in [1.165, 1.54) is 6.92 Å². The fourth-order valence-corrected chi connectivity index (χ4v) is 1.53. The van der Waals surface area contributed by atoms with Crippen molar-refractivity contribution in [1.82, 2.24) is 10.1 Å². The summed E-state index contributed by atoms with van der Waals surface area (Å²) in [6.45, 7) is 1.21. The molecule has 1 aromatic heterocycles. The SMILES string of the molecule is CC(c1nc(CC2CC2)no1)C(O)C(F)(F)F. The Morgan fingerprint density at radius 3 is 2.65 bits per heavy atom. The second-order valence-corrected chi connectivity index (χ2v) is 4.47. The minimum Gasteiger partial charge on any atom is -0.383 e. The van der Waals surface area contributed by atoms with Gasteiger partial charge in [0.2, 0.25) is 5.89 Å². The average molecular weight is 250 g/mol. The molecule has 0 radical (unpaired) electrons. The largest absolute Gasteiger partial charge is 0.415 e. The Kier molecular flexibility index (Phi) is 3.11. The van der Waals surface area contributed by atoms with E-state index in [2.05, 4.69) is 10.1 Å². The highest BCUT2D eigenvalue weighted by Gasteiger charge is 2.44. The van der Waals surface area contributed by atoms with Crippen LogP contribution in [-0.4, -0.2) is 27.5 Å². The van der Waals surface area contributed by atoms with Crippen LogP contribution in [0.4, 0.5) is 13.2 Å². The van der Waals surface area contributed by atoms with Crippen LogP contribution in [0.3, 0.4) is 0 Å². The van der Waals surface area contributed by atoms with Crippen molar-refractivity contribution in [1.29, 1.82) is 0 Å². The Hall–Kier alpha value is -1.11. The third-order valence-corrected chi connectivity index (χ3v) is 2.85. The van der Waals surface area contributed by atoms with Gasteiger partial charge in [0.15, 0.2) is 11.9 Å². The molecule has 0 spiro atoms. The van der Waals surface area contributed by atoms with Crippen LogP contribution in [0.5, 0.6) is 0 Å². The highest BCUT2D eigenvalue weighted by Crippen LogP contribution is 2.33. The Balaban J connectivity index is 2.02. The van der Waals surface area contributed by atoms with E-state index in [9.17, 15) is 13.2 Å². The van der Waals surface area contributed by atoms with Crippen molar-refractivity contribution in [3.05, 3.63) is 11.7 Å². The predicted molar refractivity (Wildman–Crippen MR) is 51.2 cm³/mol. The van der Waals surface area contributed by atoms with Gasteiger partial charge in [-0.15, -0.1) is 0 Å². The number of rotatable bonds is 4. The van der Waals surface area contributed by atoms with Crippen molar-refractivity contribution in [3.63, 3.8) is 0 Å². The quantitative estimate of drug-likeness (QED) is 0.888. The fraction of sp³-hybridized carbons (Fsp3) is 0.800. The first-order valence-electron chi connectivity index (χ1n) is 5.45. The second kappa shape index (κ2) is 4.29. The Morgan fingerprint density at radius 2 is 2.12 bits per heavy atom. The molecule has 17 heavy (non-hydrogen) atoms. The lowest BCUT2D eigenvalue weighted by Gasteiger charge is -2.17. The molecular formula is C10H13F3N2O2. The molecule has 0 aromatic carbocycles. The van der Waals surface area contributed by atoms with Crippen LogP contribution in [0.15, 0.2) is 4.52 Å². The number of halogens is 3. The van der Waals surface area contributed by atoms with Crippen LogP contribution >= 0.6 is 0 Å². The zero-order valence-electron chi connectivity index (χ0n) is 9.24. The van der Waals surface area contributed by atoms with Gasteiger partial charge >= 0.3 is 6.18 Å². The number of aliphatic hydroxyl groups excluding tert-OH is 1. The van der Waals surface area contributed by atoms with Gasteiger partial charge < -0.3 is 9.63 Å². The summed E-state index contributed by atoms with van der Waals surface area (Å²) < 4.78 is 41.6. The highest BCUT2D eigenvalue weighted by molar-refractivity contribution is 4.99. The molecule has 1 N–H and O–H groups in total. The molecule has 96 valence electrons. The molecule has 0 saturated heterocycles. The van der Waals surface area contributed by atoms with Gasteiger partial charge in [0, 0.05) is 6.42 Å². The molecule has 2 atom stereocenters. The van der Waals surface area contributed by atoms with Gasteiger partial charge in [-0.05, 0) is 18.8 Å². The third kappa shape index (κ3) is 2.96. The zero-order chi connectivity index (χ0) is 12.6. The molecule has 1 aromatic rings. The van der Waals surface area contributed by atoms with E-state index < -0.39 is 18.2 Å². The van der Waals surface area contributed by atoms with E-state index in [4.69, 9.17) is 9.63 Å². The van der Waals surface area contributed by atoms with Crippen LogP contribution in [-0.2, 0) is 6.42 Å². The van der Waals surface area contributed by atoms with E-state index in [0.717, 1.165) is 12.8 Å². The first-order chi connectivity index (χ1) is 7.88. The van der Waals surface area contributed by atoms with Crippen molar-refractivity contribution in [3.8, 4) is 0 Å². The molecule has 1 heterocycles. The average Bonchev–Trinajstić information content (AvgIpc) is 2.91. The van der Waals surface area contributed by atoms with Crippen LogP contribution < -0.4 is 0 Å². The summed E-state index contributed by atoms with van der Waals surface area (Å²) in [6, 6.07) is 0. The standard InChI is InChI=1S/C10H13F3N2O2/c1-5(8(16)10(11,12)13)9-14-7(15-17-9)4-6-2-3-6/h5-6,8,16H,2-4H2,1H3. The van der Waals surface area contributed by atoms with Crippen molar-refractivity contribution in [2.45, 2.75) is 44.4 Å². The minimum atomic E-state index is -4.68. The van der Waals surface area contributed by atoms with Crippen LogP contribution in [0.25, 0.3) is 0 Å². The summed E-state index contributed by atoms with van der Waals surface area (Å²) in [5, 5.41) is 12.7.